The van der Waals surface area contributed by atoms with E-state index in [0.29, 0.717) is 29.2 Å². The first-order valence-corrected chi connectivity index (χ1v) is 13.5. The van der Waals surface area contributed by atoms with E-state index in [4.69, 9.17) is 4.74 Å². The lowest BCUT2D eigenvalue weighted by atomic mass is 9.92. The molecule has 7 nitrogen and oxygen atoms in total. The summed E-state index contributed by atoms with van der Waals surface area (Å²) in [6.07, 6.45) is 3.09. The fraction of sp³-hybridized carbons (Fsp3) is 0.312. The van der Waals surface area contributed by atoms with Crippen LogP contribution in [-0.4, -0.2) is 40.7 Å². The molecule has 0 radical (unpaired) electrons. The first-order valence-electron chi connectivity index (χ1n) is 13.5. The van der Waals surface area contributed by atoms with Crippen LogP contribution in [0.1, 0.15) is 49.8 Å². The smallest absolute Gasteiger partial charge is 0.252 e. The van der Waals surface area contributed by atoms with Crippen LogP contribution in [0, 0.1) is 5.92 Å². The highest BCUT2D eigenvalue weighted by atomic mass is 16.5. The first-order chi connectivity index (χ1) is 18.9. The third kappa shape index (κ3) is 7.27. The fourth-order valence-corrected chi connectivity index (χ4v) is 4.67. The highest BCUT2D eigenvalue weighted by molar-refractivity contribution is 6.25. The van der Waals surface area contributed by atoms with E-state index in [1.54, 1.807) is 31.2 Å². The largest absolute Gasteiger partial charge is 0.508 e. The van der Waals surface area contributed by atoms with Gasteiger partial charge in [0, 0.05) is 23.6 Å². The van der Waals surface area contributed by atoms with Gasteiger partial charge in [-0.1, -0.05) is 68.8 Å². The average Bonchev–Trinajstić information content (AvgIpc) is 3.09. The highest BCUT2D eigenvalue weighted by Crippen LogP contribution is 2.38. The molecule has 7 heteroatoms. The Bertz CT molecular complexity index is 1340. The summed E-state index contributed by atoms with van der Waals surface area (Å²) in [5, 5.41) is 27.2. The van der Waals surface area contributed by atoms with Gasteiger partial charge in [0.05, 0.1) is 17.7 Å². The summed E-state index contributed by atoms with van der Waals surface area (Å²) in [6.45, 7) is 4.42. The Morgan fingerprint density at radius 3 is 2.49 bits per heavy atom. The van der Waals surface area contributed by atoms with E-state index in [9.17, 15) is 19.8 Å². The molecule has 2 amide bonds. The summed E-state index contributed by atoms with van der Waals surface area (Å²) < 4.78 is 6.11. The van der Waals surface area contributed by atoms with Crippen LogP contribution in [0.5, 0.6) is 17.2 Å². The van der Waals surface area contributed by atoms with Gasteiger partial charge in [-0.3, -0.25) is 9.59 Å². The molecule has 0 aromatic heterocycles. The van der Waals surface area contributed by atoms with Gasteiger partial charge in [-0.05, 0) is 55.2 Å². The lowest BCUT2D eigenvalue weighted by Gasteiger charge is -2.27. The Morgan fingerprint density at radius 2 is 1.72 bits per heavy atom. The number of rotatable bonds is 11. The number of aromatic hydroxyl groups is 1. The van der Waals surface area contributed by atoms with E-state index in [0.717, 1.165) is 24.0 Å². The van der Waals surface area contributed by atoms with Crippen molar-refractivity contribution < 1.29 is 24.5 Å². The Morgan fingerprint density at radius 1 is 0.974 bits per heavy atom. The van der Waals surface area contributed by atoms with Crippen LogP contribution >= 0.6 is 0 Å². The Kier molecular flexibility index (Phi) is 9.39. The molecule has 0 unspecified atom stereocenters. The third-order valence-electron chi connectivity index (χ3n) is 6.88. The maximum absolute atomic E-state index is 13.8. The lowest BCUT2D eigenvalue weighted by molar-refractivity contribution is -0.125. The number of carbonyl (C=O) groups excluding carboxylic acids is 2. The van der Waals surface area contributed by atoms with Crippen LogP contribution in [0.4, 0.5) is 0 Å². The molecule has 1 aliphatic heterocycles. The monoisotopic (exact) mass is 528 g/mol. The molecule has 3 aromatic rings. The molecule has 4 N–H and O–H groups in total. The Balaban J connectivity index is 1.60. The summed E-state index contributed by atoms with van der Waals surface area (Å²) in [5.41, 5.74) is 2.57. The summed E-state index contributed by atoms with van der Waals surface area (Å²) in [4.78, 5) is 26.4. The standard InChI is InChI=1S/C32H36N2O5/c1-3-4-16-33-31(37)21(2)17-28(36)27(19-22-10-9-12-24(35)18-22)34-32(38)26-20-23-11-5-7-14-29(23)39-30-15-8-6-13-25(26)30/h5-15,18,20-21,27-28,35-36H,3-4,16-17,19H2,1-2H3,(H,33,37)(H,34,38)/t21-,27+,28+/m1/s1. The molecular formula is C32H36N2O5. The number of nitrogens with one attached hydrogen (secondary N) is 2. The van der Waals surface area contributed by atoms with Gasteiger partial charge in [0.25, 0.3) is 5.91 Å². The molecule has 4 rings (SSSR count). The van der Waals surface area contributed by atoms with Gasteiger partial charge in [0.2, 0.25) is 5.91 Å². The Labute approximate surface area is 229 Å². The van der Waals surface area contributed by atoms with E-state index in [-0.39, 0.29) is 30.4 Å². The summed E-state index contributed by atoms with van der Waals surface area (Å²) in [7, 11) is 0. The molecule has 3 atom stereocenters. The normalized spacial score (nSPS) is 14.4. The highest BCUT2D eigenvalue weighted by Gasteiger charge is 2.29. The van der Waals surface area contributed by atoms with Crippen LogP contribution < -0.4 is 15.4 Å². The van der Waals surface area contributed by atoms with Crippen molar-refractivity contribution in [1.82, 2.24) is 10.6 Å². The van der Waals surface area contributed by atoms with Gasteiger partial charge in [-0.15, -0.1) is 0 Å². The van der Waals surface area contributed by atoms with Crippen molar-refractivity contribution in [2.24, 2.45) is 5.92 Å². The number of unbranched alkanes of at least 4 members (excludes halogenated alkanes) is 1. The van der Waals surface area contributed by atoms with Gasteiger partial charge in [-0.2, -0.15) is 0 Å². The van der Waals surface area contributed by atoms with E-state index >= 15 is 0 Å². The quantitative estimate of drug-likeness (QED) is 0.260. The number of hydrogen-bond donors (Lipinski definition) is 4. The van der Waals surface area contributed by atoms with Crippen molar-refractivity contribution in [2.75, 3.05) is 6.54 Å². The number of fused-ring (bicyclic) bond motifs is 2. The van der Waals surface area contributed by atoms with Crippen molar-refractivity contribution in [2.45, 2.75) is 51.7 Å². The van der Waals surface area contributed by atoms with Crippen molar-refractivity contribution in [3.8, 4) is 17.2 Å². The predicted molar refractivity (Wildman–Crippen MR) is 152 cm³/mol. The number of para-hydroxylation sites is 2. The molecular weight excluding hydrogens is 492 g/mol. The van der Waals surface area contributed by atoms with Crippen molar-refractivity contribution >= 4 is 23.5 Å². The zero-order valence-corrected chi connectivity index (χ0v) is 22.4. The second kappa shape index (κ2) is 13.1. The Hall–Kier alpha value is -4.10. The molecule has 0 spiro atoms. The molecule has 0 saturated carbocycles. The molecule has 0 saturated heterocycles. The lowest BCUT2D eigenvalue weighted by Crippen LogP contribution is -2.46. The van der Waals surface area contributed by atoms with Crippen molar-refractivity contribution in [1.29, 1.82) is 0 Å². The number of amides is 2. The van der Waals surface area contributed by atoms with E-state index in [1.807, 2.05) is 54.6 Å². The summed E-state index contributed by atoms with van der Waals surface area (Å²) in [6, 6.07) is 20.8. The van der Waals surface area contributed by atoms with Gasteiger partial charge < -0.3 is 25.6 Å². The van der Waals surface area contributed by atoms with Crippen LogP contribution in [0.15, 0.2) is 72.8 Å². The maximum Gasteiger partial charge on any atom is 0.252 e. The zero-order valence-electron chi connectivity index (χ0n) is 22.4. The number of carbonyl (C=O) groups is 2. The first kappa shape index (κ1) is 27.9. The minimum absolute atomic E-state index is 0.102. The number of aliphatic hydroxyl groups is 1. The summed E-state index contributed by atoms with van der Waals surface area (Å²) in [5.74, 6) is 0.368. The molecule has 0 fully saturated rings. The molecule has 1 aliphatic rings. The number of ether oxygens (including phenoxy) is 1. The van der Waals surface area contributed by atoms with Crippen LogP contribution in [0.3, 0.4) is 0 Å². The number of phenolic OH excluding ortho intramolecular Hbond substituents is 1. The number of hydrogen-bond acceptors (Lipinski definition) is 5. The van der Waals surface area contributed by atoms with E-state index in [2.05, 4.69) is 17.6 Å². The van der Waals surface area contributed by atoms with Crippen LogP contribution in [0.25, 0.3) is 11.6 Å². The zero-order chi connectivity index (χ0) is 27.8. The predicted octanol–water partition coefficient (Wildman–Crippen LogP) is 5.07. The number of benzene rings is 3. The molecule has 204 valence electrons. The van der Waals surface area contributed by atoms with Crippen molar-refractivity contribution in [3.05, 3.63) is 89.5 Å². The maximum atomic E-state index is 13.8. The molecule has 0 aliphatic carbocycles. The van der Waals surface area contributed by atoms with Crippen LogP contribution in [-0.2, 0) is 16.0 Å². The van der Waals surface area contributed by atoms with E-state index < -0.39 is 18.1 Å². The van der Waals surface area contributed by atoms with Crippen molar-refractivity contribution in [3.63, 3.8) is 0 Å². The second-order valence-electron chi connectivity index (χ2n) is 10.00. The van der Waals surface area contributed by atoms with Gasteiger partial charge in [0.1, 0.15) is 17.2 Å². The molecule has 0 bridgehead atoms. The second-order valence-corrected chi connectivity index (χ2v) is 10.00. The summed E-state index contributed by atoms with van der Waals surface area (Å²) >= 11 is 0. The minimum Gasteiger partial charge on any atom is -0.508 e. The molecule has 39 heavy (non-hydrogen) atoms. The molecule has 1 heterocycles. The third-order valence-corrected chi connectivity index (χ3v) is 6.88. The van der Waals surface area contributed by atoms with Gasteiger partial charge in [-0.25, -0.2) is 0 Å². The number of aliphatic hydroxyl groups excluding tert-OH is 1. The van der Waals surface area contributed by atoms with Gasteiger partial charge >= 0.3 is 0 Å². The topological polar surface area (TPSA) is 108 Å². The number of phenols is 1. The molecule has 3 aromatic carbocycles. The van der Waals surface area contributed by atoms with E-state index in [1.165, 1.54) is 0 Å². The minimum atomic E-state index is -1.01. The van der Waals surface area contributed by atoms with Gasteiger partial charge in [0.15, 0.2) is 0 Å². The SMILES string of the molecule is CCCCNC(=O)[C@H](C)C[C@H](O)[C@H](Cc1cccc(O)c1)NC(=O)C1=Cc2ccccc2Oc2ccccc21. The fourth-order valence-electron chi connectivity index (χ4n) is 4.67. The average molecular weight is 529 g/mol. The van der Waals surface area contributed by atoms with Crippen LogP contribution in [0.2, 0.25) is 0 Å².